The minimum atomic E-state index is -0.498. The molecule has 7 heteroatoms. The lowest BCUT2D eigenvalue weighted by Crippen LogP contribution is -2.29. The predicted octanol–water partition coefficient (Wildman–Crippen LogP) is 3.88. The second-order valence-electron chi connectivity index (χ2n) is 6.74. The molecule has 1 N–H and O–H groups in total. The molecule has 0 saturated heterocycles. The molecular weight excluding hydrogens is 387 g/mol. The average molecular weight is 404 g/mol. The fraction of sp³-hybridized carbons (Fsp3) is 0.0870. The number of halogens is 1. The van der Waals surface area contributed by atoms with Gasteiger partial charge in [0.25, 0.3) is 17.7 Å². The van der Waals surface area contributed by atoms with Gasteiger partial charge in [-0.3, -0.25) is 19.3 Å². The Bertz CT molecular complexity index is 1140. The number of carbonyl (C=O) groups is 3. The van der Waals surface area contributed by atoms with E-state index in [1.54, 1.807) is 48.5 Å². The number of nitrogens with zero attached hydrogens (tertiary/aromatic N) is 1. The molecule has 6 nitrogen and oxygen atoms in total. The molecule has 0 saturated carbocycles. The topological polar surface area (TPSA) is 75.7 Å². The minimum absolute atomic E-state index is 0.0105. The summed E-state index contributed by atoms with van der Waals surface area (Å²) in [6, 6.07) is 17.0. The van der Waals surface area contributed by atoms with E-state index in [4.69, 9.17) is 4.74 Å². The lowest BCUT2D eigenvalue weighted by atomic mass is 10.1. The van der Waals surface area contributed by atoms with Crippen molar-refractivity contribution in [2.45, 2.75) is 6.54 Å². The van der Waals surface area contributed by atoms with Crippen molar-refractivity contribution in [2.75, 3.05) is 12.4 Å². The summed E-state index contributed by atoms with van der Waals surface area (Å²) >= 11 is 0. The molecule has 4 rings (SSSR count). The molecule has 0 aromatic heterocycles. The standard InChI is InChI=1S/C23H17FN2O4/c1-30-20-10-9-14(11-19(20)21(27)25-16-6-4-5-15(24)12-16)13-26-22(28)17-7-2-3-8-18(17)23(26)29/h2-12H,13H2,1H3,(H,25,27). The quantitative estimate of drug-likeness (QED) is 0.655. The van der Waals surface area contributed by atoms with Gasteiger partial charge >= 0.3 is 0 Å². The molecule has 0 atom stereocenters. The van der Waals surface area contributed by atoms with E-state index in [1.165, 1.54) is 25.3 Å². The van der Waals surface area contributed by atoms with Crippen LogP contribution in [-0.2, 0) is 6.54 Å². The highest BCUT2D eigenvalue weighted by atomic mass is 19.1. The number of nitrogens with one attached hydrogen (secondary N) is 1. The fourth-order valence-electron chi connectivity index (χ4n) is 3.36. The molecule has 0 bridgehead atoms. The summed E-state index contributed by atoms with van der Waals surface area (Å²) in [6.07, 6.45) is 0. The van der Waals surface area contributed by atoms with Gasteiger partial charge < -0.3 is 10.1 Å². The van der Waals surface area contributed by atoms with E-state index in [-0.39, 0.29) is 23.9 Å². The molecule has 0 aliphatic carbocycles. The van der Waals surface area contributed by atoms with Crippen molar-refractivity contribution in [1.29, 1.82) is 0 Å². The lowest BCUT2D eigenvalue weighted by Gasteiger charge is -2.16. The molecular formula is C23H17FN2O4. The zero-order valence-electron chi connectivity index (χ0n) is 16.0. The molecule has 1 aliphatic heterocycles. The summed E-state index contributed by atoms with van der Waals surface area (Å²) in [6.45, 7) is 0.0105. The van der Waals surface area contributed by atoms with Crippen LogP contribution in [0.4, 0.5) is 10.1 Å². The van der Waals surface area contributed by atoms with Gasteiger partial charge in [-0.2, -0.15) is 0 Å². The van der Waals surface area contributed by atoms with Crippen LogP contribution in [0.2, 0.25) is 0 Å². The summed E-state index contributed by atoms with van der Waals surface area (Å²) in [5, 5.41) is 2.62. The van der Waals surface area contributed by atoms with Crippen molar-refractivity contribution in [3.05, 3.63) is 94.8 Å². The van der Waals surface area contributed by atoms with Crippen molar-refractivity contribution in [1.82, 2.24) is 4.90 Å². The predicted molar refractivity (Wildman–Crippen MR) is 108 cm³/mol. The van der Waals surface area contributed by atoms with Gasteiger partial charge in [0.2, 0.25) is 0 Å². The molecule has 0 fully saturated rings. The summed E-state index contributed by atoms with van der Waals surface area (Å²) in [5.74, 6) is -1.41. The molecule has 30 heavy (non-hydrogen) atoms. The van der Waals surface area contributed by atoms with Crippen LogP contribution >= 0.6 is 0 Å². The van der Waals surface area contributed by atoms with Crippen molar-refractivity contribution in [3.63, 3.8) is 0 Å². The molecule has 150 valence electrons. The summed E-state index contributed by atoms with van der Waals surface area (Å²) in [4.78, 5) is 39.1. The summed E-state index contributed by atoms with van der Waals surface area (Å²) in [5.41, 5.74) is 1.80. The number of hydrogen-bond donors (Lipinski definition) is 1. The number of carbonyl (C=O) groups excluding carboxylic acids is 3. The van der Waals surface area contributed by atoms with Crippen molar-refractivity contribution >= 4 is 23.4 Å². The van der Waals surface area contributed by atoms with Crippen molar-refractivity contribution < 1.29 is 23.5 Å². The zero-order valence-corrected chi connectivity index (χ0v) is 16.0. The third-order valence-corrected chi connectivity index (χ3v) is 4.81. The number of fused-ring (bicyclic) bond motifs is 1. The van der Waals surface area contributed by atoms with Gasteiger partial charge in [0.15, 0.2) is 0 Å². The van der Waals surface area contributed by atoms with Gasteiger partial charge in [0.1, 0.15) is 11.6 Å². The summed E-state index contributed by atoms with van der Waals surface area (Å²) in [7, 11) is 1.43. The van der Waals surface area contributed by atoms with Crippen LogP contribution < -0.4 is 10.1 Å². The second-order valence-corrected chi connectivity index (χ2v) is 6.74. The van der Waals surface area contributed by atoms with E-state index in [1.807, 2.05) is 0 Å². The van der Waals surface area contributed by atoms with Crippen molar-refractivity contribution in [3.8, 4) is 5.75 Å². The van der Waals surface area contributed by atoms with Gasteiger partial charge in [-0.1, -0.05) is 24.3 Å². The number of hydrogen-bond acceptors (Lipinski definition) is 4. The zero-order chi connectivity index (χ0) is 21.3. The van der Waals surface area contributed by atoms with Gasteiger partial charge in [0.05, 0.1) is 30.3 Å². The Balaban J connectivity index is 1.60. The first-order valence-electron chi connectivity index (χ1n) is 9.17. The van der Waals surface area contributed by atoms with Crippen LogP contribution in [0, 0.1) is 5.82 Å². The SMILES string of the molecule is COc1ccc(CN2C(=O)c3ccccc3C2=O)cc1C(=O)Nc1cccc(F)c1. The average Bonchev–Trinajstić information content (AvgIpc) is 2.99. The van der Waals surface area contributed by atoms with Crippen LogP contribution in [0.25, 0.3) is 0 Å². The fourth-order valence-corrected chi connectivity index (χ4v) is 3.36. The van der Waals surface area contributed by atoms with E-state index in [2.05, 4.69) is 5.32 Å². The van der Waals surface area contributed by atoms with Crippen LogP contribution in [-0.4, -0.2) is 29.7 Å². The second kappa shape index (κ2) is 7.79. The van der Waals surface area contributed by atoms with Gasteiger partial charge in [0, 0.05) is 5.69 Å². The minimum Gasteiger partial charge on any atom is -0.496 e. The largest absolute Gasteiger partial charge is 0.496 e. The Hall–Kier alpha value is -4.00. The highest BCUT2D eigenvalue weighted by Gasteiger charge is 2.35. The smallest absolute Gasteiger partial charge is 0.261 e. The Morgan fingerprint density at radius 2 is 1.67 bits per heavy atom. The van der Waals surface area contributed by atoms with Gasteiger partial charge in [-0.05, 0) is 48.0 Å². The van der Waals surface area contributed by atoms with E-state index < -0.39 is 11.7 Å². The first-order valence-corrected chi connectivity index (χ1v) is 9.17. The van der Waals surface area contributed by atoms with Crippen LogP contribution in [0.1, 0.15) is 36.6 Å². The van der Waals surface area contributed by atoms with E-state index in [0.717, 1.165) is 4.90 Å². The Morgan fingerprint density at radius 1 is 0.967 bits per heavy atom. The first-order chi connectivity index (χ1) is 14.5. The number of imide groups is 1. The number of rotatable bonds is 5. The molecule has 1 aliphatic rings. The molecule has 3 amide bonds. The Kier molecular flexibility index (Phi) is 5.02. The molecule has 0 radical (unpaired) electrons. The normalized spacial score (nSPS) is 12.7. The van der Waals surface area contributed by atoms with Crippen molar-refractivity contribution in [2.24, 2.45) is 0 Å². The van der Waals surface area contributed by atoms with Gasteiger partial charge in [-0.25, -0.2) is 4.39 Å². The Labute approximate surface area is 171 Å². The lowest BCUT2D eigenvalue weighted by molar-refractivity contribution is 0.0642. The maximum Gasteiger partial charge on any atom is 0.261 e. The maximum atomic E-state index is 13.4. The third-order valence-electron chi connectivity index (χ3n) is 4.81. The van der Waals surface area contributed by atoms with Crippen LogP contribution in [0.15, 0.2) is 66.7 Å². The molecule has 3 aromatic carbocycles. The maximum absolute atomic E-state index is 13.4. The van der Waals surface area contributed by atoms with E-state index >= 15 is 0 Å². The number of ether oxygens (including phenoxy) is 1. The Morgan fingerprint density at radius 3 is 2.30 bits per heavy atom. The molecule has 1 heterocycles. The number of methoxy groups -OCH3 is 1. The number of anilines is 1. The molecule has 0 unspecified atom stereocenters. The highest BCUT2D eigenvalue weighted by molar-refractivity contribution is 6.21. The first kappa shape index (κ1) is 19.3. The number of benzene rings is 3. The van der Waals surface area contributed by atoms with Crippen LogP contribution in [0.5, 0.6) is 5.75 Å². The van der Waals surface area contributed by atoms with Crippen LogP contribution in [0.3, 0.4) is 0 Å². The highest BCUT2D eigenvalue weighted by Crippen LogP contribution is 2.27. The number of amides is 3. The van der Waals surface area contributed by atoms with E-state index in [0.29, 0.717) is 28.1 Å². The molecule has 0 spiro atoms. The summed E-state index contributed by atoms with van der Waals surface area (Å²) < 4.78 is 18.7. The monoisotopic (exact) mass is 404 g/mol. The van der Waals surface area contributed by atoms with Gasteiger partial charge in [-0.15, -0.1) is 0 Å². The molecule has 3 aromatic rings. The third kappa shape index (κ3) is 3.53. The van der Waals surface area contributed by atoms with E-state index in [9.17, 15) is 18.8 Å².